The number of halogens is 1. The summed E-state index contributed by atoms with van der Waals surface area (Å²) in [5.41, 5.74) is 6.81. The maximum absolute atomic E-state index is 14.0. The topological polar surface area (TPSA) is 81.3 Å². The Labute approximate surface area is 110 Å². The lowest BCUT2D eigenvalue weighted by molar-refractivity contribution is 0.258. The largest absolute Gasteiger partial charge is 0.481 e. The van der Waals surface area contributed by atoms with Crippen molar-refractivity contribution in [2.45, 2.75) is 12.3 Å². The van der Waals surface area contributed by atoms with Crippen molar-refractivity contribution in [2.75, 3.05) is 20.3 Å². The first-order valence-corrected chi connectivity index (χ1v) is 6.01. The van der Waals surface area contributed by atoms with Gasteiger partial charge in [-0.25, -0.2) is 9.37 Å². The lowest BCUT2D eigenvalue weighted by Gasteiger charge is -2.16. The minimum atomic E-state index is -0.485. The Morgan fingerprint density at radius 2 is 2.26 bits per heavy atom. The molecule has 2 aromatic rings. The molecular formula is C13H16FN3O2. The summed E-state index contributed by atoms with van der Waals surface area (Å²) in [5, 5.41) is 9.42. The third-order valence-corrected chi connectivity index (χ3v) is 3.03. The van der Waals surface area contributed by atoms with E-state index in [-0.39, 0.29) is 6.61 Å². The molecule has 0 aromatic carbocycles. The number of ether oxygens (including phenoxy) is 1. The van der Waals surface area contributed by atoms with Gasteiger partial charge in [-0.05, 0) is 19.0 Å². The molecular weight excluding hydrogens is 249 g/mol. The van der Waals surface area contributed by atoms with Crippen LogP contribution in [0, 0.1) is 5.82 Å². The molecule has 2 rings (SSSR count). The first-order valence-electron chi connectivity index (χ1n) is 6.01. The summed E-state index contributed by atoms with van der Waals surface area (Å²) < 4.78 is 19.1. The van der Waals surface area contributed by atoms with E-state index in [9.17, 15) is 9.50 Å². The zero-order chi connectivity index (χ0) is 13.8. The highest BCUT2D eigenvalue weighted by atomic mass is 19.1. The molecule has 0 aliphatic carbocycles. The van der Waals surface area contributed by atoms with Gasteiger partial charge in [0.15, 0.2) is 0 Å². The third-order valence-electron chi connectivity index (χ3n) is 3.03. The third kappa shape index (κ3) is 2.64. The van der Waals surface area contributed by atoms with E-state index in [1.165, 1.54) is 7.11 Å². The molecule has 0 aliphatic rings. The van der Waals surface area contributed by atoms with Gasteiger partial charge in [0.05, 0.1) is 30.9 Å². The van der Waals surface area contributed by atoms with Crippen LogP contribution < -0.4 is 10.5 Å². The minimum Gasteiger partial charge on any atom is -0.481 e. The van der Waals surface area contributed by atoms with E-state index in [1.54, 1.807) is 12.1 Å². The molecule has 1 unspecified atom stereocenters. The number of aliphatic hydroxyl groups is 1. The lowest BCUT2D eigenvalue weighted by atomic mass is 9.95. The van der Waals surface area contributed by atoms with Gasteiger partial charge >= 0.3 is 0 Å². The fourth-order valence-electron chi connectivity index (χ4n) is 2.08. The Bertz CT molecular complexity index is 577. The van der Waals surface area contributed by atoms with E-state index in [0.29, 0.717) is 35.4 Å². The summed E-state index contributed by atoms with van der Waals surface area (Å²) in [5.74, 6) is -0.499. The van der Waals surface area contributed by atoms with Crippen LogP contribution in [-0.2, 0) is 0 Å². The number of fused-ring (bicyclic) bond motifs is 1. The second-order valence-corrected chi connectivity index (χ2v) is 4.20. The molecule has 0 spiro atoms. The van der Waals surface area contributed by atoms with Gasteiger partial charge in [0.1, 0.15) is 5.82 Å². The first kappa shape index (κ1) is 13.6. The van der Waals surface area contributed by atoms with E-state index in [0.717, 1.165) is 6.20 Å². The van der Waals surface area contributed by atoms with Crippen LogP contribution in [0.15, 0.2) is 18.3 Å². The summed E-state index contributed by atoms with van der Waals surface area (Å²) in [6, 6.07) is 3.37. The van der Waals surface area contributed by atoms with E-state index in [4.69, 9.17) is 10.5 Å². The van der Waals surface area contributed by atoms with Crippen LogP contribution in [0.1, 0.15) is 17.9 Å². The van der Waals surface area contributed by atoms with Gasteiger partial charge in [-0.2, -0.15) is 0 Å². The van der Waals surface area contributed by atoms with Gasteiger partial charge in [0, 0.05) is 17.5 Å². The molecule has 0 bridgehead atoms. The number of pyridine rings is 2. The van der Waals surface area contributed by atoms with E-state index < -0.39 is 11.7 Å². The fourth-order valence-corrected chi connectivity index (χ4v) is 2.08. The number of aromatic nitrogens is 2. The number of aliphatic hydroxyl groups excluding tert-OH is 1. The Morgan fingerprint density at radius 3 is 2.89 bits per heavy atom. The second-order valence-electron chi connectivity index (χ2n) is 4.20. The molecule has 0 radical (unpaired) electrons. The predicted molar refractivity (Wildman–Crippen MR) is 69.5 cm³/mol. The van der Waals surface area contributed by atoms with E-state index in [1.807, 2.05) is 0 Å². The molecule has 5 nitrogen and oxygen atoms in total. The van der Waals surface area contributed by atoms with Crippen molar-refractivity contribution in [1.82, 2.24) is 9.97 Å². The lowest BCUT2D eigenvalue weighted by Crippen LogP contribution is -2.13. The predicted octanol–water partition coefficient (Wildman–Crippen LogP) is 1.20. The van der Waals surface area contributed by atoms with Crippen molar-refractivity contribution >= 4 is 11.0 Å². The monoisotopic (exact) mass is 265 g/mol. The van der Waals surface area contributed by atoms with Crippen LogP contribution >= 0.6 is 0 Å². The van der Waals surface area contributed by atoms with Crippen molar-refractivity contribution in [1.29, 1.82) is 0 Å². The zero-order valence-corrected chi connectivity index (χ0v) is 10.6. The average molecular weight is 265 g/mol. The molecule has 0 amide bonds. The number of nitrogens with zero attached hydrogens (tertiary/aromatic N) is 2. The van der Waals surface area contributed by atoms with Crippen molar-refractivity contribution in [3.8, 4) is 5.88 Å². The highest BCUT2D eigenvalue weighted by Crippen LogP contribution is 2.29. The van der Waals surface area contributed by atoms with Gasteiger partial charge in [-0.1, -0.05) is 0 Å². The molecule has 0 saturated heterocycles. The standard InChI is InChI=1S/C13H16FN3O2/c1-19-11-3-2-10-13(17-11)12(9(14)6-16-10)8(7-18)4-5-15/h2-3,6,8,18H,4-5,7,15H2,1H3. The van der Waals surface area contributed by atoms with Gasteiger partial charge in [0.2, 0.25) is 5.88 Å². The van der Waals surface area contributed by atoms with Crippen LogP contribution in [-0.4, -0.2) is 35.3 Å². The Hall–Kier alpha value is -1.79. The Kier molecular flexibility index (Phi) is 4.24. The number of hydrogen-bond donors (Lipinski definition) is 2. The van der Waals surface area contributed by atoms with Crippen LogP contribution in [0.25, 0.3) is 11.0 Å². The van der Waals surface area contributed by atoms with Gasteiger partial charge < -0.3 is 15.6 Å². The van der Waals surface area contributed by atoms with Crippen LogP contribution in [0.3, 0.4) is 0 Å². The summed E-state index contributed by atoms with van der Waals surface area (Å²) >= 11 is 0. The van der Waals surface area contributed by atoms with Crippen molar-refractivity contribution in [3.05, 3.63) is 29.7 Å². The SMILES string of the molecule is COc1ccc2ncc(F)c(C(CO)CCN)c2n1. The Morgan fingerprint density at radius 1 is 1.47 bits per heavy atom. The number of rotatable bonds is 5. The normalized spacial score (nSPS) is 12.6. The molecule has 3 N–H and O–H groups in total. The maximum Gasteiger partial charge on any atom is 0.213 e. The minimum absolute atomic E-state index is 0.188. The van der Waals surface area contributed by atoms with E-state index in [2.05, 4.69) is 9.97 Å². The smallest absolute Gasteiger partial charge is 0.213 e. The fraction of sp³-hybridized carbons (Fsp3) is 0.385. The molecule has 2 heterocycles. The average Bonchev–Trinajstić information content (AvgIpc) is 2.44. The highest BCUT2D eigenvalue weighted by Gasteiger charge is 2.20. The summed E-state index contributed by atoms with van der Waals surface area (Å²) in [6.45, 7) is 0.171. The van der Waals surface area contributed by atoms with Gasteiger partial charge in [-0.3, -0.25) is 4.98 Å². The molecule has 0 saturated carbocycles. The van der Waals surface area contributed by atoms with Gasteiger partial charge in [0.25, 0.3) is 0 Å². The molecule has 1 atom stereocenters. The molecule has 2 aromatic heterocycles. The molecule has 19 heavy (non-hydrogen) atoms. The first-order chi connectivity index (χ1) is 9.21. The number of nitrogens with two attached hydrogens (primary N) is 1. The van der Waals surface area contributed by atoms with Crippen LogP contribution in [0.2, 0.25) is 0 Å². The summed E-state index contributed by atoms with van der Waals surface area (Å²) in [6.07, 6.45) is 1.62. The van der Waals surface area contributed by atoms with E-state index >= 15 is 0 Å². The van der Waals surface area contributed by atoms with Gasteiger partial charge in [-0.15, -0.1) is 0 Å². The Balaban J connectivity index is 2.64. The number of methoxy groups -OCH3 is 1. The maximum atomic E-state index is 14.0. The van der Waals surface area contributed by atoms with Crippen molar-refractivity contribution in [3.63, 3.8) is 0 Å². The molecule has 0 fully saturated rings. The summed E-state index contributed by atoms with van der Waals surface area (Å²) in [4.78, 5) is 8.22. The zero-order valence-electron chi connectivity index (χ0n) is 10.6. The molecule has 6 heteroatoms. The van der Waals surface area contributed by atoms with Crippen LogP contribution in [0.5, 0.6) is 5.88 Å². The van der Waals surface area contributed by atoms with Crippen molar-refractivity contribution in [2.24, 2.45) is 5.73 Å². The van der Waals surface area contributed by atoms with Crippen LogP contribution in [0.4, 0.5) is 4.39 Å². The second kappa shape index (κ2) is 5.90. The van der Waals surface area contributed by atoms with Crippen molar-refractivity contribution < 1.29 is 14.2 Å². The molecule has 0 aliphatic heterocycles. The quantitative estimate of drug-likeness (QED) is 0.849. The molecule has 102 valence electrons. The highest BCUT2D eigenvalue weighted by molar-refractivity contribution is 5.79. The number of hydrogen-bond acceptors (Lipinski definition) is 5. The summed E-state index contributed by atoms with van der Waals surface area (Å²) in [7, 11) is 1.49.